The van der Waals surface area contributed by atoms with E-state index in [0.29, 0.717) is 6.61 Å². The van der Waals surface area contributed by atoms with Crippen molar-refractivity contribution in [3.8, 4) is 5.75 Å². The van der Waals surface area contributed by atoms with Gasteiger partial charge in [-0.15, -0.1) is 0 Å². The quantitative estimate of drug-likeness (QED) is 0.603. The molecular weight excluding hydrogens is 190 g/mol. The molecule has 82 valence electrons. The van der Waals surface area contributed by atoms with Gasteiger partial charge in [0, 0.05) is 6.42 Å². The van der Waals surface area contributed by atoms with Crippen molar-refractivity contribution in [1.82, 2.24) is 5.48 Å². The van der Waals surface area contributed by atoms with Crippen molar-refractivity contribution >= 4 is 0 Å². The van der Waals surface area contributed by atoms with E-state index in [4.69, 9.17) is 9.57 Å². The molecule has 1 unspecified atom stereocenters. The summed E-state index contributed by atoms with van der Waals surface area (Å²) in [5, 5.41) is 0. The van der Waals surface area contributed by atoms with Crippen molar-refractivity contribution in [2.45, 2.75) is 26.4 Å². The van der Waals surface area contributed by atoms with Gasteiger partial charge < -0.3 is 9.57 Å². The second-order valence-corrected chi connectivity index (χ2v) is 3.84. The van der Waals surface area contributed by atoms with Crippen LogP contribution in [0.1, 0.15) is 18.1 Å². The van der Waals surface area contributed by atoms with Gasteiger partial charge in [-0.2, -0.15) is 5.48 Å². The van der Waals surface area contributed by atoms with E-state index in [1.807, 2.05) is 13.0 Å². The van der Waals surface area contributed by atoms with Gasteiger partial charge in [-0.05, 0) is 25.5 Å². The molecule has 15 heavy (non-hydrogen) atoms. The van der Waals surface area contributed by atoms with E-state index < -0.39 is 0 Å². The van der Waals surface area contributed by atoms with E-state index >= 15 is 0 Å². The Labute approximate surface area is 90.3 Å². The molecule has 0 aromatic heterocycles. The lowest BCUT2D eigenvalue weighted by Crippen LogP contribution is -2.30. The highest BCUT2D eigenvalue weighted by Gasteiger charge is 2.22. The summed E-state index contributed by atoms with van der Waals surface area (Å²) in [4.78, 5) is 5.09. The van der Waals surface area contributed by atoms with Gasteiger partial charge in [0.15, 0.2) is 0 Å². The summed E-state index contributed by atoms with van der Waals surface area (Å²) in [5.41, 5.74) is 5.49. The summed E-state index contributed by atoms with van der Waals surface area (Å²) in [6.07, 6.45) is 1.17. The Morgan fingerprint density at radius 1 is 1.53 bits per heavy atom. The van der Waals surface area contributed by atoms with Gasteiger partial charge in [-0.1, -0.05) is 17.7 Å². The standard InChI is InChI=1S/C12H17NO2/c1-3-14-13-8-11-7-10-6-9(2)4-5-12(10)15-11/h4-6,11,13H,3,7-8H2,1-2H3. The largest absolute Gasteiger partial charge is 0.488 e. The van der Waals surface area contributed by atoms with E-state index in [9.17, 15) is 0 Å². The fourth-order valence-electron chi connectivity index (χ4n) is 1.82. The van der Waals surface area contributed by atoms with E-state index in [1.165, 1.54) is 11.1 Å². The first-order valence-corrected chi connectivity index (χ1v) is 5.40. The molecule has 2 rings (SSSR count). The molecule has 0 bridgehead atoms. The first-order chi connectivity index (χ1) is 7.29. The molecule has 0 amide bonds. The van der Waals surface area contributed by atoms with Crippen molar-refractivity contribution in [1.29, 1.82) is 0 Å². The molecule has 1 aliphatic heterocycles. The van der Waals surface area contributed by atoms with Crippen LogP contribution in [-0.2, 0) is 11.3 Å². The fraction of sp³-hybridized carbons (Fsp3) is 0.500. The molecule has 0 fully saturated rings. The minimum atomic E-state index is 0.202. The van der Waals surface area contributed by atoms with E-state index in [0.717, 1.165) is 18.7 Å². The third-order valence-electron chi connectivity index (χ3n) is 2.51. The lowest BCUT2D eigenvalue weighted by atomic mass is 10.1. The lowest BCUT2D eigenvalue weighted by molar-refractivity contribution is 0.0305. The van der Waals surface area contributed by atoms with Gasteiger partial charge in [0.25, 0.3) is 0 Å². The highest BCUT2D eigenvalue weighted by molar-refractivity contribution is 5.40. The Hall–Kier alpha value is -1.06. The molecule has 0 saturated carbocycles. The first-order valence-electron chi connectivity index (χ1n) is 5.40. The van der Waals surface area contributed by atoms with E-state index in [-0.39, 0.29) is 6.10 Å². The zero-order valence-corrected chi connectivity index (χ0v) is 9.25. The maximum atomic E-state index is 5.77. The normalized spacial score (nSPS) is 18.7. The monoisotopic (exact) mass is 207 g/mol. The number of aryl methyl sites for hydroxylation is 1. The number of ether oxygens (including phenoxy) is 1. The minimum Gasteiger partial charge on any atom is -0.488 e. The van der Waals surface area contributed by atoms with Crippen LogP contribution in [0.2, 0.25) is 0 Å². The van der Waals surface area contributed by atoms with E-state index in [1.54, 1.807) is 0 Å². The van der Waals surface area contributed by atoms with E-state index in [2.05, 4.69) is 24.5 Å². The van der Waals surface area contributed by atoms with Crippen LogP contribution in [0.5, 0.6) is 5.75 Å². The molecule has 3 heteroatoms. The lowest BCUT2D eigenvalue weighted by Gasteiger charge is -2.10. The Bertz CT molecular complexity index is 338. The van der Waals surface area contributed by atoms with Gasteiger partial charge in [-0.3, -0.25) is 0 Å². The van der Waals surface area contributed by atoms with Crippen LogP contribution < -0.4 is 10.2 Å². The van der Waals surface area contributed by atoms with Crippen LogP contribution in [-0.4, -0.2) is 19.3 Å². The second kappa shape index (κ2) is 4.64. The average molecular weight is 207 g/mol. The molecule has 0 aliphatic carbocycles. The zero-order chi connectivity index (χ0) is 10.7. The molecule has 1 aromatic carbocycles. The predicted molar refractivity (Wildman–Crippen MR) is 58.9 cm³/mol. The van der Waals surface area contributed by atoms with Crippen LogP contribution in [0.25, 0.3) is 0 Å². The smallest absolute Gasteiger partial charge is 0.123 e. The fourth-order valence-corrected chi connectivity index (χ4v) is 1.82. The number of hydroxylamine groups is 1. The SMILES string of the molecule is CCONCC1Cc2cc(C)ccc2O1. The zero-order valence-electron chi connectivity index (χ0n) is 9.25. The first kappa shape index (κ1) is 10.5. The summed E-state index contributed by atoms with van der Waals surface area (Å²) in [7, 11) is 0. The summed E-state index contributed by atoms with van der Waals surface area (Å²) >= 11 is 0. The highest BCUT2D eigenvalue weighted by Crippen LogP contribution is 2.29. The second-order valence-electron chi connectivity index (χ2n) is 3.84. The van der Waals surface area contributed by atoms with Gasteiger partial charge in [-0.25, -0.2) is 0 Å². The molecule has 1 atom stereocenters. The Balaban J connectivity index is 1.91. The molecule has 1 aromatic rings. The number of benzene rings is 1. The molecular formula is C12H17NO2. The Morgan fingerprint density at radius 2 is 2.40 bits per heavy atom. The van der Waals surface area contributed by atoms with Gasteiger partial charge in [0.05, 0.1) is 13.2 Å². The number of fused-ring (bicyclic) bond motifs is 1. The summed E-state index contributed by atoms with van der Waals surface area (Å²) in [6, 6.07) is 6.32. The highest BCUT2D eigenvalue weighted by atomic mass is 16.6. The molecule has 1 aliphatic rings. The van der Waals surface area contributed by atoms with Crippen LogP contribution in [0, 0.1) is 6.92 Å². The molecule has 1 heterocycles. The molecule has 1 N–H and O–H groups in total. The Kier molecular flexibility index (Phi) is 3.23. The maximum Gasteiger partial charge on any atom is 0.123 e. The summed E-state index contributed by atoms with van der Waals surface area (Å²) < 4.78 is 5.77. The number of hydrogen-bond acceptors (Lipinski definition) is 3. The average Bonchev–Trinajstić information content (AvgIpc) is 2.60. The number of nitrogens with one attached hydrogen (secondary N) is 1. The Morgan fingerprint density at radius 3 is 3.20 bits per heavy atom. The van der Waals surface area contributed by atoms with Crippen molar-refractivity contribution in [3.05, 3.63) is 29.3 Å². The van der Waals surface area contributed by atoms with Crippen molar-refractivity contribution in [3.63, 3.8) is 0 Å². The number of rotatable bonds is 4. The van der Waals surface area contributed by atoms with Gasteiger partial charge in [0.1, 0.15) is 11.9 Å². The van der Waals surface area contributed by atoms with Crippen LogP contribution in [0.4, 0.5) is 0 Å². The molecule has 0 spiro atoms. The van der Waals surface area contributed by atoms with Crippen molar-refractivity contribution in [2.24, 2.45) is 0 Å². The van der Waals surface area contributed by atoms with Crippen molar-refractivity contribution < 1.29 is 9.57 Å². The van der Waals surface area contributed by atoms with Crippen LogP contribution in [0.15, 0.2) is 18.2 Å². The maximum absolute atomic E-state index is 5.77. The number of hydrogen-bond donors (Lipinski definition) is 1. The topological polar surface area (TPSA) is 30.5 Å². The third-order valence-corrected chi connectivity index (χ3v) is 2.51. The van der Waals surface area contributed by atoms with Gasteiger partial charge in [0.2, 0.25) is 0 Å². The predicted octanol–water partition coefficient (Wildman–Crippen LogP) is 1.84. The van der Waals surface area contributed by atoms with Crippen LogP contribution >= 0.6 is 0 Å². The summed E-state index contributed by atoms with van der Waals surface area (Å²) in [6.45, 7) is 5.48. The molecule has 0 radical (unpaired) electrons. The van der Waals surface area contributed by atoms with Crippen LogP contribution in [0.3, 0.4) is 0 Å². The minimum absolute atomic E-state index is 0.202. The summed E-state index contributed by atoms with van der Waals surface area (Å²) in [5.74, 6) is 1.02. The third kappa shape index (κ3) is 2.49. The molecule has 0 saturated heterocycles. The van der Waals surface area contributed by atoms with Crippen molar-refractivity contribution in [2.75, 3.05) is 13.2 Å². The van der Waals surface area contributed by atoms with Gasteiger partial charge >= 0.3 is 0 Å². The molecule has 3 nitrogen and oxygen atoms in total.